The fourth-order valence-electron chi connectivity index (χ4n) is 4.22. The molecule has 1 saturated heterocycles. The molecule has 2 aliphatic rings. The van der Waals surface area contributed by atoms with Crippen molar-refractivity contribution in [3.8, 4) is 17.2 Å². The molecule has 190 valence electrons. The van der Waals surface area contributed by atoms with E-state index in [0.717, 1.165) is 5.56 Å². The van der Waals surface area contributed by atoms with Crippen LogP contribution in [0.4, 0.5) is 11.4 Å². The molecule has 1 fully saturated rings. The fourth-order valence-corrected chi connectivity index (χ4v) is 4.22. The number of amides is 3. The zero-order valence-corrected chi connectivity index (χ0v) is 20.5. The lowest BCUT2D eigenvalue weighted by Crippen LogP contribution is -2.46. The Labute approximate surface area is 208 Å². The van der Waals surface area contributed by atoms with Crippen molar-refractivity contribution in [3.63, 3.8) is 0 Å². The zero-order chi connectivity index (χ0) is 25.7. The summed E-state index contributed by atoms with van der Waals surface area (Å²) in [5.74, 6) is 0.509. The van der Waals surface area contributed by atoms with Crippen LogP contribution in [0, 0.1) is 5.92 Å². The number of azo groups is 1. The van der Waals surface area contributed by atoms with Gasteiger partial charge in [-0.3, -0.25) is 25.0 Å². The maximum absolute atomic E-state index is 12.9. The molecule has 2 heterocycles. The Morgan fingerprint density at radius 1 is 1.11 bits per heavy atom. The standard InChI is InChI=1S/C25H29N5O6/c1-4-36-23-20(34-2)10-16(11-21(23)35-3)28-29-19-7-5-6-17-18(19)13-30(25(17)33)14-26-12-15-8-9-22(31)27-24(15)32/h5-7,10-11,15,26H,4,8-9,12-14H2,1-3H3,(H,27,31,32)/b29-28-. The van der Waals surface area contributed by atoms with Crippen molar-refractivity contribution in [2.45, 2.75) is 26.3 Å². The normalized spacial score (nSPS) is 17.4. The molecule has 36 heavy (non-hydrogen) atoms. The molecule has 0 radical (unpaired) electrons. The van der Waals surface area contributed by atoms with Crippen LogP contribution in [0.1, 0.15) is 35.7 Å². The number of rotatable bonds is 10. The Morgan fingerprint density at radius 3 is 2.53 bits per heavy atom. The first-order chi connectivity index (χ1) is 17.4. The van der Waals surface area contributed by atoms with E-state index in [0.29, 0.717) is 66.7 Å². The third-order valence-corrected chi connectivity index (χ3v) is 6.07. The molecule has 2 aliphatic heterocycles. The van der Waals surface area contributed by atoms with Crippen LogP contribution in [0.5, 0.6) is 17.2 Å². The number of ether oxygens (including phenoxy) is 3. The van der Waals surface area contributed by atoms with Crippen molar-refractivity contribution in [3.05, 3.63) is 41.5 Å². The molecular weight excluding hydrogens is 466 g/mol. The second kappa shape index (κ2) is 11.2. The number of nitrogens with zero attached hydrogens (tertiary/aromatic N) is 3. The molecule has 0 bridgehead atoms. The van der Waals surface area contributed by atoms with E-state index in [1.54, 1.807) is 35.2 Å². The minimum atomic E-state index is -0.296. The number of piperidine rings is 1. The molecule has 0 aliphatic carbocycles. The lowest BCUT2D eigenvalue weighted by atomic mass is 9.98. The van der Waals surface area contributed by atoms with E-state index in [4.69, 9.17) is 14.2 Å². The molecule has 1 atom stereocenters. The zero-order valence-electron chi connectivity index (χ0n) is 20.5. The number of hydrogen-bond donors (Lipinski definition) is 2. The molecule has 11 nitrogen and oxygen atoms in total. The van der Waals surface area contributed by atoms with Gasteiger partial charge < -0.3 is 19.1 Å². The molecule has 2 N–H and O–H groups in total. The highest BCUT2D eigenvalue weighted by Gasteiger charge is 2.30. The number of nitrogens with one attached hydrogen (secondary N) is 2. The average molecular weight is 496 g/mol. The number of hydrogen-bond acceptors (Lipinski definition) is 9. The maximum Gasteiger partial charge on any atom is 0.255 e. The highest BCUT2D eigenvalue weighted by molar-refractivity contribution is 6.00. The van der Waals surface area contributed by atoms with Crippen LogP contribution < -0.4 is 24.8 Å². The molecule has 0 aromatic heterocycles. The highest BCUT2D eigenvalue weighted by atomic mass is 16.5. The molecule has 11 heteroatoms. The SMILES string of the molecule is CCOc1c(OC)cc(/N=N\c2cccc3c2CN(CNCC2CCC(=O)NC2=O)C3=O)cc1OC. The van der Waals surface area contributed by atoms with Gasteiger partial charge in [0.2, 0.25) is 17.6 Å². The number of imide groups is 1. The maximum atomic E-state index is 12.9. The number of carbonyl (C=O) groups is 3. The molecule has 1 unspecified atom stereocenters. The highest BCUT2D eigenvalue weighted by Crippen LogP contribution is 2.42. The van der Waals surface area contributed by atoms with Crippen molar-refractivity contribution in [2.24, 2.45) is 16.1 Å². The van der Waals surface area contributed by atoms with Crippen molar-refractivity contribution in [1.29, 1.82) is 0 Å². The summed E-state index contributed by atoms with van der Waals surface area (Å²) in [5.41, 5.74) is 2.44. The van der Waals surface area contributed by atoms with E-state index in [-0.39, 0.29) is 30.3 Å². The van der Waals surface area contributed by atoms with Gasteiger partial charge in [0.15, 0.2) is 11.5 Å². The van der Waals surface area contributed by atoms with Crippen molar-refractivity contribution in [1.82, 2.24) is 15.5 Å². The van der Waals surface area contributed by atoms with Gasteiger partial charge in [-0.1, -0.05) is 6.07 Å². The first-order valence-corrected chi connectivity index (χ1v) is 11.7. The van der Waals surface area contributed by atoms with Crippen molar-refractivity contribution in [2.75, 3.05) is 34.0 Å². The Bertz CT molecular complexity index is 1170. The Hall–Kier alpha value is -3.99. The monoisotopic (exact) mass is 495 g/mol. The summed E-state index contributed by atoms with van der Waals surface area (Å²) in [6.07, 6.45) is 0.824. The first-order valence-electron chi connectivity index (χ1n) is 11.7. The molecule has 0 saturated carbocycles. The van der Waals surface area contributed by atoms with Crippen LogP contribution in [0.3, 0.4) is 0 Å². The summed E-state index contributed by atoms with van der Waals surface area (Å²) < 4.78 is 16.5. The smallest absolute Gasteiger partial charge is 0.255 e. The number of carbonyl (C=O) groups excluding carboxylic acids is 3. The lowest BCUT2D eigenvalue weighted by molar-refractivity contribution is -0.136. The fraction of sp³-hybridized carbons (Fsp3) is 0.400. The van der Waals surface area contributed by atoms with Gasteiger partial charge in [0.25, 0.3) is 5.91 Å². The summed E-state index contributed by atoms with van der Waals surface area (Å²) in [7, 11) is 3.08. The number of methoxy groups -OCH3 is 2. The van der Waals surface area contributed by atoms with Crippen LogP contribution in [0.2, 0.25) is 0 Å². The van der Waals surface area contributed by atoms with Crippen LogP contribution in [-0.4, -0.2) is 56.7 Å². The van der Waals surface area contributed by atoms with Crippen LogP contribution in [-0.2, 0) is 16.1 Å². The number of fused-ring (bicyclic) bond motifs is 1. The van der Waals surface area contributed by atoms with Gasteiger partial charge in [-0.05, 0) is 25.5 Å². The Balaban J connectivity index is 1.45. The Kier molecular flexibility index (Phi) is 7.79. The largest absolute Gasteiger partial charge is 0.493 e. The summed E-state index contributed by atoms with van der Waals surface area (Å²) in [6, 6.07) is 8.75. The molecule has 2 aromatic carbocycles. The topological polar surface area (TPSA) is 131 Å². The summed E-state index contributed by atoms with van der Waals surface area (Å²) in [6.45, 7) is 3.35. The number of benzene rings is 2. The van der Waals surface area contributed by atoms with Crippen LogP contribution >= 0.6 is 0 Å². The van der Waals surface area contributed by atoms with Crippen molar-refractivity contribution >= 4 is 29.1 Å². The van der Waals surface area contributed by atoms with Crippen LogP contribution in [0.15, 0.2) is 40.6 Å². The predicted molar refractivity (Wildman–Crippen MR) is 130 cm³/mol. The van der Waals surface area contributed by atoms with E-state index in [1.165, 1.54) is 14.2 Å². The lowest BCUT2D eigenvalue weighted by Gasteiger charge is -2.23. The second-order valence-corrected chi connectivity index (χ2v) is 8.38. The predicted octanol–water partition coefficient (Wildman–Crippen LogP) is 3.07. The quantitative estimate of drug-likeness (QED) is 0.383. The Morgan fingerprint density at radius 2 is 1.86 bits per heavy atom. The van der Waals surface area contributed by atoms with Gasteiger partial charge in [-0.2, -0.15) is 10.2 Å². The molecule has 0 spiro atoms. The van der Waals surface area contributed by atoms with E-state index in [2.05, 4.69) is 20.9 Å². The van der Waals surface area contributed by atoms with Gasteiger partial charge in [0, 0.05) is 36.2 Å². The van der Waals surface area contributed by atoms with Gasteiger partial charge >= 0.3 is 0 Å². The molecular formula is C25H29N5O6. The third-order valence-electron chi connectivity index (χ3n) is 6.07. The van der Waals surface area contributed by atoms with E-state index in [1.807, 2.05) is 6.92 Å². The van der Waals surface area contributed by atoms with Gasteiger partial charge in [-0.15, -0.1) is 0 Å². The van der Waals surface area contributed by atoms with Gasteiger partial charge in [0.05, 0.1) is 51.3 Å². The summed E-state index contributed by atoms with van der Waals surface area (Å²) >= 11 is 0. The van der Waals surface area contributed by atoms with E-state index < -0.39 is 0 Å². The van der Waals surface area contributed by atoms with E-state index in [9.17, 15) is 14.4 Å². The minimum Gasteiger partial charge on any atom is -0.493 e. The van der Waals surface area contributed by atoms with Crippen molar-refractivity contribution < 1.29 is 28.6 Å². The minimum absolute atomic E-state index is 0.123. The summed E-state index contributed by atoms with van der Waals surface area (Å²) in [5, 5.41) is 14.3. The van der Waals surface area contributed by atoms with Crippen LogP contribution in [0.25, 0.3) is 0 Å². The van der Waals surface area contributed by atoms with E-state index >= 15 is 0 Å². The van der Waals surface area contributed by atoms with Gasteiger partial charge in [-0.25, -0.2) is 0 Å². The second-order valence-electron chi connectivity index (χ2n) is 8.38. The first kappa shape index (κ1) is 25.1. The van der Waals surface area contributed by atoms with Gasteiger partial charge in [0.1, 0.15) is 0 Å². The average Bonchev–Trinajstić information content (AvgIpc) is 3.20. The molecule has 2 aromatic rings. The molecule has 4 rings (SSSR count). The third kappa shape index (κ3) is 5.30. The summed E-state index contributed by atoms with van der Waals surface area (Å²) in [4.78, 5) is 37.8. The molecule has 3 amide bonds.